The van der Waals surface area contributed by atoms with Gasteiger partial charge in [0.05, 0.1) is 0 Å². The van der Waals surface area contributed by atoms with Crippen molar-refractivity contribution in [3.63, 3.8) is 0 Å². The largest absolute Gasteiger partial charge is 0.508 e. The van der Waals surface area contributed by atoms with Crippen LogP contribution in [0.2, 0.25) is 0 Å². The fourth-order valence-corrected chi connectivity index (χ4v) is 2.37. The number of benzene rings is 2. The summed E-state index contributed by atoms with van der Waals surface area (Å²) in [6.07, 6.45) is 5.19. The zero-order chi connectivity index (χ0) is 15.5. The number of ether oxygens (including phenoxy) is 1. The Morgan fingerprint density at radius 2 is 2.00 bits per heavy atom. The first-order valence-corrected chi connectivity index (χ1v) is 7.12. The van der Waals surface area contributed by atoms with Crippen molar-refractivity contribution < 1.29 is 14.6 Å². The van der Waals surface area contributed by atoms with Gasteiger partial charge >= 0.3 is 0 Å². The molecule has 0 amide bonds. The predicted octanol–water partition coefficient (Wildman–Crippen LogP) is 4.00. The second-order valence-corrected chi connectivity index (χ2v) is 5.19. The van der Waals surface area contributed by atoms with Gasteiger partial charge in [0.1, 0.15) is 17.6 Å². The number of ketones is 1. The minimum Gasteiger partial charge on any atom is -0.508 e. The molecule has 1 N–H and O–H groups in total. The molecule has 3 nitrogen and oxygen atoms in total. The number of rotatable bonds is 3. The maximum absolute atomic E-state index is 12.1. The molecule has 0 bridgehead atoms. The molecule has 1 atom stereocenters. The van der Waals surface area contributed by atoms with Crippen LogP contribution >= 0.6 is 0 Å². The normalized spacial score (nSPS) is 16.8. The van der Waals surface area contributed by atoms with Gasteiger partial charge in [-0.2, -0.15) is 0 Å². The Bertz CT molecular complexity index is 772. The zero-order valence-electron chi connectivity index (χ0n) is 12.2. The van der Waals surface area contributed by atoms with Crippen molar-refractivity contribution in [2.75, 3.05) is 0 Å². The summed E-state index contributed by atoms with van der Waals surface area (Å²) in [7, 11) is 0. The molecule has 3 heteroatoms. The summed E-state index contributed by atoms with van der Waals surface area (Å²) in [6.45, 7) is 1.95. The smallest absolute Gasteiger partial charge is 0.185 e. The summed E-state index contributed by atoms with van der Waals surface area (Å²) in [5.74, 6) is 0.788. The molecule has 1 heterocycles. The molecule has 0 fully saturated rings. The molecular weight excluding hydrogens is 276 g/mol. The van der Waals surface area contributed by atoms with E-state index in [0.29, 0.717) is 5.56 Å². The fourth-order valence-electron chi connectivity index (χ4n) is 2.37. The molecule has 0 saturated carbocycles. The highest BCUT2D eigenvalue weighted by molar-refractivity contribution is 6.05. The highest BCUT2D eigenvalue weighted by Gasteiger charge is 2.16. The van der Waals surface area contributed by atoms with Crippen LogP contribution in [0.3, 0.4) is 0 Å². The van der Waals surface area contributed by atoms with E-state index in [1.54, 1.807) is 18.2 Å². The molecule has 1 aliphatic heterocycles. The van der Waals surface area contributed by atoms with Gasteiger partial charge in [-0.05, 0) is 42.8 Å². The lowest BCUT2D eigenvalue weighted by Crippen LogP contribution is -2.17. The van der Waals surface area contributed by atoms with Gasteiger partial charge in [-0.1, -0.05) is 36.4 Å². The molecule has 2 aromatic carbocycles. The third kappa shape index (κ3) is 2.93. The second-order valence-electron chi connectivity index (χ2n) is 5.19. The van der Waals surface area contributed by atoms with E-state index in [-0.39, 0.29) is 17.6 Å². The molecule has 0 aromatic heterocycles. The van der Waals surface area contributed by atoms with Crippen LogP contribution in [0, 0.1) is 0 Å². The monoisotopic (exact) mass is 292 g/mol. The van der Waals surface area contributed by atoms with Gasteiger partial charge < -0.3 is 9.84 Å². The quantitative estimate of drug-likeness (QED) is 0.687. The van der Waals surface area contributed by atoms with Gasteiger partial charge in [-0.25, -0.2) is 0 Å². The number of aromatic hydroxyl groups is 1. The minimum atomic E-state index is -0.150. The number of phenols is 1. The van der Waals surface area contributed by atoms with Crippen LogP contribution in [-0.4, -0.2) is 17.0 Å². The molecule has 0 radical (unpaired) electrons. The molecule has 110 valence electrons. The second kappa shape index (κ2) is 5.90. The number of para-hydroxylation sites is 1. The fraction of sp³-hybridized carbons (Fsp3) is 0.105. The summed E-state index contributed by atoms with van der Waals surface area (Å²) in [4.78, 5) is 12.1. The highest BCUT2D eigenvalue weighted by Crippen LogP contribution is 2.29. The summed E-state index contributed by atoms with van der Waals surface area (Å²) in [5.41, 5.74) is 2.40. The molecule has 22 heavy (non-hydrogen) atoms. The predicted molar refractivity (Wildman–Crippen MR) is 86.1 cm³/mol. The first-order valence-electron chi connectivity index (χ1n) is 7.12. The number of carbonyl (C=O) groups is 1. The van der Waals surface area contributed by atoms with E-state index in [9.17, 15) is 9.90 Å². The standard InChI is InChI=1S/C19H16O3/c1-13-14(11-16-5-2-3-8-19(16)22-13)9-10-18(21)15-6-4-7-17(20)12-15/h2-13,20H,1H3/t13-/m0/s1. The summed E-state index contributed by atoms with van der Waals surface area (Å²) < 4.78 is 5.83. The van der Waals surface area contributed by atoms with Crippen LogP contribution in [0.1, 0.15) is 22.8 Å². The molecule has 0 unspecified atom stereocenters. The molecule has 1 aliphatic rings. The van der Waals surface area contributed by atoms with Crippen molar-refractivity contribution in [1.29, 1.82) is 0 Å². The Hall–Kier alpha value is -2.81. The van der Waals surface area contributed by atoms with Crippen molar-refractivity contribution in [2.24, 2.45) is 0 Å². The number of carbonyl (C=O) groups excluding carboxylic acids is 1. The van der Waals surface area contributed by atoms with Crippen LogP contribution in [0.25, 0.3) is 6.08 Å². The van der Waals surface area contributed by atoms with Crippen molar-refractivity contribution in [2.45, 2.75) is 13.0 Å². The van der Waals surface area contributed by atoms with Gasteiger partial charge in [0, 0.05) is 11.1 Å². The van der Waals surface area contributed by atoms with E-state index in [4.69, 9.17) is 4.74 Å². The highest BCUT2D eigenvalue weighted by atomic mass is 16.5. The van der Waals surface area contributed by atoms with Gasteiger partial charge in [-0.15, -0.1) is 0 Å². The summed E-state index contributed by atoms with van der Waals surface area (Å²) in [5, 5.41) is 9.42. The lowest BCUT2D eigenvalue weighted by Gasteiger charge is -2.22. The van der Waals surface area contributed by atoms with Crippen molar-refractivity contribution >= 4 is 11.9 Å². The van der Waals surface area contributed by atoms with Gasteiger partial charge in [0.15, 0.2) is 5.78 Å². The molecule has 0 spiro atoms. The Labute approximate surface area is 129 Å². The summed E-state index contributed by atoms with van der Waals surface area (Å²) in [6, 6.07) is 14.1. The number of hydrogen-bond acceptors (Lipinski definition) is 3. The van der Waals surface area contributed by atoms with Crippen LogP contribution < -0.4 is 4.74 Å². The Morgan fingerprint density at radius 3 is 2.82 bits per heavy atom. The van der Waals surface area contributed by atoms with E-state index in [1.807, 2.05) is 37.3 Å². The number of allylic oxidation sites excluding steroid dienone is 1. The van der Waals surface area contributed by atoms with Gasteiger partial charge in [0.2, 0.25) is 0 Å². The third-order valence-corrected chi connectivity index (χ3v) is 3.57. The maximum Gasteiger partial charge on any atom is 0.185 e. The number of phenolic OH excluding ortho intramolecular Hbond substituents is 1. The average Bonchev–Trinajstić information content (AvgIpc) is 2.52. The molecular formula is C19H16O3. The van der Waals surface area contributed by atoms with Crippen LogP contribution in [0.5, 0.6) is 11.5 Å². The SMILES string of the molecule is C[C@@H]1Oc2ccccc2C=C1C=CC(=O)c1cccc(O)c1. The van der Waals surface area contributed by atoms with Gasteiger partial charge in [0.25, 0.3) is 0 Å². The zero-order valence-corrected chi connectivity index (χ0v) is 12.2. The van der Waals surface area contributed by atoms with Crippen molar-refractivity contribution in [1.82, 2.24) is 0 Å². The molecule has 0 aliphatic carbocycles. The Morgan fingerprint density at radius 1 is 1.18 bits per heavy atom. The first-order chi connectivity index (χ1) is 10.6. The minimum absolute atomic E-state index is 0.0850. The third-order valence-electron chi connectivity index (χ3n) is 3.57. The maximum atomic E-state index is 12.1. The molecule has 0 saturated heterocycles. The number of fused-ring (bicyclic) bond motifs is 1. The Kier molecular flexibility index (Phi) is 3.79. The van der Waals surface area contributed by atoms with Gasteiger partial charge in [-0.3, -0.25) is 4.79 Å². The van der Waals surface area contributed by atoms with Crippen LogP contribution in [0.4, 0.5) is 0 Å². The lowest BCUT2D eigenvalue weighted by molar-refractivity contribution is 0.104. The van der Waals surface area contributed by atoms with E-state index in [1.165, 1.54) is 18.2 Å². The topological polar surface area (TPSA) is 46.5 Å². The number of hydrogen-bond donors (Lipinski definition) is 1. The summed E-state index contributed by atoms with van der Waals surface area (Å²) >= 11 is 0. The first kappa shape index (κ1) is 14.1. The van der Waals surface area contributed by atoms with Crippen LogP contribution in [-0.2, 0) is 0 Å². The molecule has 3 rings (SSSR count). The van der Waals surface area contributed by atoms with Crippen molar-refractivity contribution in [3.05, 3.63) is 77.4 Å². The lowest BCUT2D eigenvalue weighted by atomic mass is 10.0. The van der Waals surface area contributed by atoms with E-state index in [0.717, 1.165) is 16.9 Å². The van der Waals surface area contributed by atoms with Crippen molar-refractivity contribution in [3.8, 4) is 11.5 Å². The van der Waals surface area contributed by atoms with E-state index < -0.39 is 0 Å². The molecule has 2 aromatic rings. The van der Waals surface area contributed by atoms with E-state index >= 15 is 0 Å². The van der Waals surface area contributed by atoms with Crippen LogP contribution in [0.15, 0.2) is 66.3 Å². The average molecular weight is 292 g/mol. The Balaban J connectivity index is 1.83. The van der Waals surface area contributed by atoms with E-state index in [2.05, 4.69) is 0 Å².